The van der Waals surface area contributed by atoms with Gasteiger partial charge in [-0.2, -0.15) is 0 Å². The second kappa shape index (κ2) is 8.36. The quantitative estimate of drug-likeness (QED) is 0.327. The molecule has 1 saturated heterocycles. The van der Waals surface area contributed by atoms with Crippen molar-refractivity contribution in [2.24, 2.45) is 0 Å². The van der Waals surface area contributed by atoms with Gasteiger partial charge in [0.2, 0.25) is 0 Å². The zero-order chi connectivity index (χ0) is 18.7. The molecular formula is C16H16HgN4O5. The first-order valence-electron chi connectivity index (χ1n) is 7.87. The fraction of sp³-hybridized carbons (Fsp3) is 0.312. The molecule has 0 spiro atoms. The van der Waals surface area contributed by atoms with Crippen LogP contribution in [0.3, 0.4) is 0 Å². The number of ether oxygens (including phenoxy) is 1. The molecule has 3 aromatic rings. The number of aromatic nitrogens is 4. The van der Waals surface area contributed by atoms with Crippen LogP contribution < -0.4 is 8.18 Å². The maximum Gasteiger partial charge on any atom is 0.165 e. The molecule has 1 aliphatic heterocycles. The number of fused-ring (bicyclic) bond motifs is 1. The van der Waals surface area contributed by atoms with Gasteiger partial charge in [0.15, 0.2) is 11.9 Å². The van der Waals surface area contributed by atoms with Crippen LogP contribution in [0.2, 0.25) is 0 Å². The van der Waals surface area contributed by atoms with Crippen molar-refractivity contribution in [2.45, 2.75) is 24.5 Å². The van der Waals surface area contributed by atoms with Gasteiger partial charge >= 0.3 is 59.5 Å². The van der Waals surface area contributed by atoms with E-state index in [2.05, 4.69) is 45.3 Å². The third kappa shape index (κ3) is 3.86. The van der Waals surface area contributed by atoms with Gasteiger partial charge in [-0.3, -0.25) is 9.55 Å². The summed E-state index contributed by atoms with van der Waals surface area (Å²) < 4.78 is 8.19. The van der Waals surface area contributed by atoms with Crippen molar-refractivity contribution in [3.63, 3.8) is 0 Å². The van der Waals surface area contributed by atoms with E-state index in [1.807, 2.05) is 0 Å². The van der Waals surface area contributed by atoms with Crippen molar-refractivity contribution in [3.05, 3.63) is 43.0 Å². The third-order valence-corrected chi connectivity index (χ3v) is 5.79. The van der Waals surface area contributed by atoms with E-state index in [0.29, 0.717) is 0 Å². The van der Waals surface area contributed by atoms with Crippen molar-refractivity contribution >= 4 is 14.2 Å². The first-order chi connectivity index (χ1) is 12.5. The normalized spacial score (nSPS) is 25.1. The predicted octanol–water partition coefficient (Wildman–Crippen LogP) is -1.63. The topological polar surface area (TPSA) is 137 Å². The van der Waals surface area contributed by atoms with E-state index in [4.69, 9.17) is 9.84 Å². The van der Waals surface area contributed by atoms with E-state index in [1.54, 1.807) is 0 Å². The number of imidazole rings is 1. The van der Waals surface area contributed by atoms with Crippen LogP contribution in [0.1, 0.15) is 6.23 Å². The Bertz CT molecular complexity index is 862. The number of benzene rings is 1. The molecule has 4 rings (SSSR count). The van der Waals surface area contributed by atoms with Crippen LogP contribution in [-0.4, -0.2) is 59.8 Å². The number of rotatable bonds is 2. The Morgan fingerprint density at radius 2 is 1.85 bits per heavy atom. The summed E-state index contributed by atoms with van der Waals surface area (Å²) in [5.41, 5.74) is 0.259. The van der Waals surface area contributed by atoms with Gasteiger partial charge in [0.05, 0.1) is 12.9 Å². The molecule has 0 aliphatic carbocycles. The molecule has 9 nitrogen and oxygen atoms in total. The van der Waals surface area contributed by atoms with Gasteiger partial charge in [0, 0.05) is 5.88 Å². The van der Waals surface area contributed by atoms with E-state index in [1.165, 1.54) is 14.0 Å². The van der Waals surface area contributed by atoms with E-state index < -0.39 is 37.0 Å². The molecule has 0 saturated carbocycles. The van der Waals surface area contributed by atoms with Crippen molar-refractivity contribution < 1.29 is 51.3 Å². The Morgan fingerprint density at radius 3 is 2.42 bits per heavy atom. The van der Waals surface area contributed by atoms with Gasteiger partial charge in [0.1, 0.15) is 30.2 Å². The van der Waals surface area contributed by atoms with Crippen LogP contribution >= 0.6 is 0 Å². The largest absolute Gasteiger partial charge is 0.857 e. The number of aliphatic hydroxyl groups is 3. The van der Waals surface area contributed by atoms with Gasteiger partial charge < -0.3 is 25.2 Å². The van der Waals surface area contributed by atoms with E-state index in [-0.39, 0.29) is 11.2 Å². The summed E-state index contributed by atoms with van der Waals surface area (Å²) in [5, 5.41) is 40.1. The fourth-order valence-electron chi connectivity index (χ4n) is 2.60. The summed E-state index contributed by atoms with van der Waals surface area (Å²) in [6.07, 6.45) is -1.97. The summed E-state index contributed by atoms with van der Waals surface area (Å²) in [6.45, 7) is -0.427. The predicted molar refractivity (Wildman–Crippen MR) is 83.9 cm³/mol. The number of nitrogens with zero attached hydrogens (tertiary/aromatic N) is 4. The smallest absolute Gasteiger partial charge is 0.165 e. The minimum Gasteiger partial charge on any atom is -0.857 e. The Hall–Kier alpha value is -1.65. The van der Waals surface area contributed by atoms with Crippen molar-refractivity contribution in [1.82, 2.24) is 19.5 Å². The van der Waals surface area contributed by atoms with E-state index in [0.717, 1.165) is 32.4 Å². The zero-order valence-electron chi connectivity index (χ0n) is 13.7. The number of aliphatic hydroxyl groups excluding tert-OH is 3. The molecule has 0 radical (unpaired) electrons. The van der Waals surface area contributed by atoms with Crippen LogP contribution in [0.15, 0.2) is 43.0 Å². The Balaban J connectivity index is 0.000000236. The van der Waals surface area contributed by atoms with Crippen molar-refractivity contribution in [3.8, 4) is 5.88 Å². The van der Waals surface area contributed by atoms with Gasteiger partial charge in [-0.05, 0) is 0 Å². The maximum absolute atomic E-state index is 11.5. The molecule has 10 heteroatoms. The van der Waals surface area contributed by atoms with Crippen molar-refractivity contribution in [1.29, 1.82) is 0 Å². The van der Waals surface area contributed by atoms with Gasteiger partial charge in [-0.15, -0.1) is 0 Å². The summed E-state index contributed by atoms with van der Waals surface area (Å²) in [4.78, 5) is 11.3. The van der Waals surface area contributed by atoms with Crippen LogP contribution in [0, 0.1) is 0 Å². The molecular weight excluding hydrogens is 529 g/mol. The number of hydrogen-bond acceptors (Lipinski definition) is 8. The maximum atomic E-state index is 11.5. The summed E-state index contributed by atoms with van der Waals surface area (Å²) in [6, 6.07) is 10.6. The zero-order valence-corrected chi connectivity index (χ0v) is 19.2. The van der Waals surface area contributed by atoms with Crippen LogP contribution in [0.4, 0.5) is 0 Å². The van der Waals surface area contributed by atoms with Crippen LogP contribution in [0.5, 0.6) is 5.88 Å². The first-order valence-corrected chi connectivity index (χ1v) is 10.6. The standard InChI is InChI=1S/C10H12N4O5.C6H5.Hg/c15-1-4-6(16)7(17)10(19-4)14-3-13-5-8(14)11-2-12-9(5)18;1-2-4-6-5-3-1;/h2-4,6-7,10,15-17H,1H2,(H,11,12,18);1-5H;/q;;+1/p-1. The van der Waals surface area contributed by atoms with Crippen molar-refractivity contribution in [2.75, 3.05) is 6.61 Å². The minimum absolute atomic E-state index is 0.0558. The minimum atomic E-state index is -1.25. The summed E-state index contributed by atoms with van der Waals surface area (Å²) in [7, 11) is 0. The van der Waals surface area contributed by atoms with Gasteiger partial charge in [-0.1, -0.05) is 0 Å². The molecule has 0 amide bonds. The van der Waals surface area contributed by atoms with Gasteiger partial charge in [-0.25, -0.2) is 9.97 Å². The molecule has 1 fully saturated rings. The molecule has 3 heterocycles. The Morgan fingerprint density at radius 1 is 1.12 bits per heavy atom. The average molecular weight is 545 g/mol. The molecule has 4 unspecified atom stereocenters. The molecule has 1 aromatic carbocycles. The monoisotopic (exact) mass is 546 g/mol. The third-order valence-electron chi connectivity index (χ3n) is 3.96. The second-order valence-electron chi connectivity index (χ2n) is 5.72. The SMILES string of the molecule is [Hg+][c]1ccccc1.[O-]c1ncnc2c1ncn2C1OC(CO)C(O)C1O. The molecule has 4 atom stereocenters. The molecule has 26 heavy (non-hydrogen) atoms. The van der Waals surface area contributed by atoms with Crippen LogP contribution in [-0.2, 0) is 30.9 Å². The fourth-order valence-corrected chi connectivity index (χ4v) is 3.66. The Kier molecular flexibility index (Phi) is 6.14. The average Bonchev–Trinajstić information content (AvgIpc) is 3.19. The van der Waals surface area contributed by atoms with E-state index in [9.17, 15) is 15.3 Å². The van der Waals surface area contributed by atoms with Crippen LogP contribution in [0.25, 0.3) is 11.2 Å². The molecule has 0 bridgehead atoms. The Labute approximate surface area is 164 Å². The molecule has 1 aliphatic rings. The summed E-state index contributed by atoms with van der Waals surface area (Å²) >= 11 is 0.810. The number of hydrogen-bond donors (Lipinski definition) is 3. The molecule has 3 N–H and O–H groups in total. The molecule has 2 aromatic heterocycles. The summed E-state index contributed by atoms with van der Waals surface area (Å²) in [5.74, 6) is -0.532. The molecule has 132 valence electrons. The second-order valence-corrected chi connectivity index (χ2v) is 8.89. The van der Waals surface area contributed by atoms with Gasteiger partial charge in [0.25, 0.3) is 0 Å². The van der Waals surface area contributed by atoms with E-state index >= 15 is 0 Å². The first kappa shape index (κ1) is 19.1.